The van der Waals surface area contributed by atoms with Crippen LogP contribution in [-0.4, -0.2) is 61.8 Å². The summed E-state index contributed by atoms with van der Waals surface area (Å²) in [6.45, 7) is 4.76. The minimum atomic E-state index is -0.334. The Bertz CT molecular complexity index is 508. The molecule has 0 spiro atoms. The Morgan fingerprint density at radius 1 is 1.09 bits per heavy atom. The van der Waals surface area contributed by atoms with Gasteiger partial charge in [0.2, 0.25) is 0 Å². The molecule has 3 amide bonds. The van der Waals surface area contributed by atoms with Crippen LogP contribution in [0, 0.1) is 6.92 Å². The van der Waals surface area contributed by atoms with Crippen LogP contribution in [0.25, 0.3) is 0 Å². The van der Waals surface area contributed by atoms with Crippen LogP contribution in [0.1, 0.15) is 11.1 Å². The second-order valence-corrected chi connectivity index (χ2v) is 5.41. The summed E-state index contributed by atoms with van der Waals surface area (Å²) in [6.07, 6.45) is 0.480. The van der Waals surface area contributed by atoms with E-state index in [-0.39, 0.29) is 12.1 Å². The number of hydrogen-bond donors (Lipinski definition) is 1. The van der Waals surface area contributed by atoms with Crippen molar-refractivity contribution in [2.45, 2.75) is 13.3 Å². The molecule has 0 aromatic heterocycles. The Balaban J connectivity index is 1.70. The van der Waals surface area contributed by atoms with Gasteiger partial charge < -0.3 is 19.9 Å². The van der Waals surface area contributed by atoms with E-state index < -0.39 is 0 Å². The molecule has 0 radical (unpaired) electrons. The molecule has 0 unspecified atom stereocenters. The van der Waals surface area contributed by atoms with Crippen LogP contribution in [0.3, 0.4) is 0 Å². The number of aryl methyl sites for hydroxylation is 1. The van der Waals surface area contributed by atoms with Crippen LogP contribution in [-0.2, 0) is 11.2 Å². The summed E-state index contributed by atoms with van der Waals surface area (Å²) in [4.78, 5) is 26.8. The largest absolute Gasteiger partial charge is 0.453 e. The van der Waals surface area contributed by atoms with E-state index in [0.717, 1.165) is 6.42 Å². The topological polar surface area (TPSA) is 61.9 Å². The van der Waals surface area contributed by atoms with Crippen LogP contribution in [0.15, 0.2) is 24.3 Å². The first-order valence-electron chi connectivity index (χ1n) is 7.51. The van der Waals surface area contributed by atoms with E-state index in [0.29, 0.717) is 32.7 Å². The number of benzene rings is 1. The molecule has 1 aromatic rings. The van der Waals surface area contributed by atoms with Crippen molar-refractivity contribution in [2.75, 3.05) is 39.8 Å². The molecule has 1 saturated heterocycles. The smallest absolute Gasteiger partial charge is 0.409 e. The third-order valence-electron chi connectivity index (χ3n) is 3.81. The molecule has 6 heteroatoms. The number of carbonyl (C=O) groups excluding carboxylic acids is 2. The SMILES string of the molecule is COC(=O)N1CCN(C(=O)NCCc2ccc(C)cc2)CC1. The molecule has 1 aliphatic heterocycles. The van der Waals surface area contributed by atoms with Crippen molar-refractivity contribution in [3.8, 4) is 0 Å². The number of nitrogens with zero attached hydrogens (tertiary/aromatic N) is 2. The first-order chi connectivity index (χ1) is 10.6. The molecule has 2 rings (SSSR count). The van der Waals surface area contributed by atoms with Crippen LogP contribution in [0.4, 0.5) is 9.59 Å². The van der Waals surface area contributed by atoms with E-state index in [4.69, 9.17) is 0 Å². The number of amides is 3. The zero-order valence-electron chi connectivity index (χ0n) is 13.2. The van der Waals surface area contributed by atoms with E-state index in [1.54, 1.807) is 9.80 Å². The Kier molecular flexibility index (Phi) is 5.63. The van der Waals surface area contributed by atoms with Gasteiger partial charge in [0, 0.05) is 32.7 Å². The predicted octanol–water partition coefficient (Wildman–Crippen LogP) is 1.63. The van der Waals surface area contributed by atoms with E-state index in [2.05, 4.69) is 41.2 Å². The molecular weight excluding hydrogens is 282 g/mol. The summed E-state index contributed by atoms with van der Waals surface area (Å²) in [5.41, 5.74) is 2.44. The van der Waals surface area contributed by atoms with Gasteiger partial charge >= 0.3 is 12.1 Å². The number of carbonyl (C=O) groups is 2. The number of hydrogen-bond acceptors (Lipinski definition) is 3. The third-order valence-corrected chi connectivity index (χ3v) is 3.81. The van der Waals surface area contributed by atoms with Gasteiger partial charge in [-0.05, 0) is 18.9 Å². The Hall–Kier alpha value is -2.24. The highest BCUT2D eigenvalue weighted by Crippen LogP contribution is 2.05. The highest BCUT2D eigenvalue weighted by Gasteiger charge is 2.24. The lowest BCUT2D eigenvalue weighted by atomic mass is 10.1. The molecule has 0 atom stereocenters. The zero-order valence-corrected chi connectivity index (χ0v) is 13.2. The molecule has 6 nitrogen and oxygen atoms in total. The molecule has 1 fully saturated rings. The summed E-state index contributed by atoms with van der Waals surface area (Å²) in [7, 11) is 1.37. The molecule has 22 heavy (non-hydrogen) atoms. The second kappa shape index (κ2) is 7.68. The summed E-state index contributed by atoms with van der Waals surface area (Å²) >= 11 is 0. The molecule has 1 aromatic carbocycles. The van der Waals surface area contributed by atoms with Crippen molar-refractivity contribution in [3.63, 3.8) is 0 Å². The molecule has 0 bridgehead atoms. The van der Waals surface area contributed by atoms with Crippen molar-refractivity contribution in [1.29, 1.82) is 0 Å². The standard InChI is InChI=1S/C16H23N3O3/c1-13-3-5-14(6-4-13)7-8-17-15(20)18-9-11-19(12-10-18)16(21)22-2/h3-6H,7-12H2,1-2H3,(H,17,20). The van der Waals surface area contributed by atoms with E-state index in [1.807, 2.05) is 0 Å². The number of urea groups is 1. The minimum Gasteiger partial charge on any atom is -0.453 e. The molecule has 120 valence electrons. The fourth-order valence-electron chi connectivity index (χ4n) is 2.40. The number of piperazine rings is 1. The van der Waals surface area contributed by atoms with Gasteiger partial charge in [0.05, 0.1) is 7.11 Å². The monoisotopic (exact) mass is 305 g/mol. The maximum atomic E-state index is 12.1. The van der Waals surface area contributed by atoms with Crippen LogP contribution in [0.2, 0.25) is 0 Å². The molecule has 0 saturated carbocycles. The first kappa shape index (κ1) is 16.1. The lowest BCUT2D eigenvalue weighted by Crippen LogP contribution is -2.53. The Morgan fingerprint density at radius 3 is 2.27 bits per heavy atom. The van der Waals surface area contributed by atoms with E-state index in [9.17, 15) is 9.59 Å². The average molecular weight is 305 g/mol. The van der Waals surface area contributed by atoms with Crippen LogP contribution in [0.5, 0.6) is 0 Å². The predicted molar refractivity (Wildman–Crippen MR) is 83.8 cm³/mol. The van der Waals surface area contributed by atoms with Crippen molar-refractivity contribution < 1.29 is 14.3 Å². The minimum absolute atomic E-state index is 0.0726. The fraction of sp³-hybridized carbons (Fsp3) is 0.500. The lowest BCUT2D eigenvalue weighted by molar-refractivity contribution is 0.0971. The van der Waals surface area contributed by atoms with Gasteiger partial charge in [0.15, 0.2) is 0 Å². The van der Waals surface area contributed by atoms with Gasteiger partial charge in [-0.15, -0.1) is 0 Å². The number of methoxy groups -OCH3 is 1. The van der Waals surface area contributed by atoms with E-state index in [1.165, 1.54) is 18.2 Å². The number of nitrogens with one attached hydrogen (secondary N) is 1. The quantitative estimate of drug-likeness (QED) is 0.923. The maximum absolute atomic E-state index is 12.1. The highest BCUT2D eigenvalue weighted by molar-refractivity contribution is 5.75. The van der Waals surface area contributed by atoms with Crippen molar-refractivity contribution in [3.05, 3.63) is 35.4 Å². The lowest BCUT2D eigenvalue weighted by Gasteiger charge is -2.33. The molecule has 1 heterocycles. The zero-order chi connectivity index (χ0) is 15.9. The molecular formula is C16H23N3O3. The average Bonchev–Trinajstić information content (AvgIpc) is 2.56. The van der Waals surface area contributed by atoms with Gasteiger partial charge in [-0.3, -0.25) is 0 Å². The highest BCUT2D eigenvalue weighted by atomic mass is 16.5. The first-order valence-corrected chi connectivity index (χ1v) is 7.51. The van der Waals surface area contributed by atoms with Crippen LogP contribution >= 0.6 is 0 Å². The van der Waals surface area contributed by atoms with Crippen LogP contribution < -0.4 is 5.32 Å². The van der Waals surface area contributed by atoms with Gasteiger partial charge in [-0.2, -0.15) is 0 Å². The number of ether oxygens (including phenoxy) is 1. The van der Waals surface area contributed by atoms with Gasteiger partial charge in [-0.1, -0.05) is 29.8 Å². The molecule has 1 aliphatic rings. The second-order valence-electron chi connectivity index (χ2n) is 5.41. The summed E-state index contributed by atoms with van der Waals surface area (Å²) < 4.78 is 4.68. The number of rotatable bonds is 3. The Labute approximate surface area is 131 Å². The Morgan fingerprint density at radius 2 is 1.68 bits per heavy atom. The molecule has 1 N–H and O–H groups in total. The van der Waals surface area contributed by atoms with Gasteiger partial charge in [0.25, 0.3) is 0 Å². The van der Waals surface area contributed by atoms with Crippen molar-refractivity contribution in [2.24, 2.45) is 0 Å². The van der Waals surface area contributed by atoms with E-state index >= 15 is 0 Å². The fourth-order valence-corrected chi connectivity index (χ4v) is 2.40. The summed E-state index contributed by atoms with van der Waals surface area (Å²) in [5.74, 6) is 0. The van der Waals surface area contributed by atoms with Crippen molar-refractivity contribution >= 4 is 12.1 Å². The molecule has 0 aliphatic carbocycles. The normalized spacial score (nSPS) is 14.6. The van der Waals surface area contributed by atoms with Gasteiger partial charge in [0.1, 0.15) is 0 Å². The maximum Gasteiger partial charge on any atom is 0.409 e. The summed E-state index contributed by atoms with van der Waals surface area (Å²) in [5, 5.41) is 2.93. The third kappa shape index (κ3) is 4.38. The van der Waals surface area contributed by atoms with Gasteiger partial charge in [-0.25, -0.2) is 9.59 Å². The van der Waals surface area contributed by atoms with Crippen molar-refractivity contribution in [1.82, 2.24) is 15.1 Å². The summed E-state index contributed by atoms with van der Waals surface area (Å²) in [6, 6.07) is 8.23.